The molecule has 1 heterocycles. The van der Waals surface area contributed by atoms with E-state index in [4.69, 9.17) is 0 Å². The lowest BCUT2D eigenvalue weighted by Crippen LogP contribution is -2.36. The standard InChI is InChI=1S/C13H18BrFN2/c1-2-17(11-5-6-16-8-11)9-10-3-4-13(15)12(14)7-10/h3-4,7,11,16H,2,5-6,8-9H2,1H3. The quantitative estimate of drug-likeness (QED) is 0.920. The van der Waals surface area contributed by atoms with E-state index in [1.54, 1.807) is 0 Å². The summed E-state index contributed by atoms with van der Waals surface area (Å²) < 4.78 is 13.7. The second-order valence-electron chi connectivity index (χ2n) is 4.46. The van der Waals surface area contributed by atoms with Gasteiger partial charge in [-0.05, 0) is 53.1 Å². The summed E-state index contributed by atoms with van der Waals surface area (Å²) in [6, 6.07) is 5.88. The van der Waals surface area contributed by atoms with Crippen molar-refractivity contribution < 1.29 is 4.39 Å². The number of benzene rings is 1. The van der Waals surface area contributed by atoms with Crippen molar-refractivity contribution in [3.05, 3.63) is 34.1 Å². The molecule has 94 valence electrons. The molecule has 1 aromatic carbocycles. The average molecular weight is 301 g/mol. The molecule has 2 nitrogen and oxygen atoms in total. The second-order valence-corrected chi connectivity index (χ2v) is 5.31. The third kappa shape index (κ3) is 3.27. The number of hydrogen-bond acceptors (Lipinski definition) is 2. The normalized spacial score (nSPS) is 20.1. The lowest BCUT2D eigenvalue weighted by molar-refractivity contribution is 0.210. The Labute approximate surface area is 110 Å². The number of likely N-dealkylation sites (N-methyl/N-ethyl adjacent to an activating group) is 1. The Morgan fingerprint density at radius 1 is 1.53 bits per heavy atom. The van der Waals surface area contributed by atoms with E-state index in [-0.39, 0.29) is 5.82 Å². The Morgan fingerprint density at radius 3 is 2.94 bits per heavy atom. The largest absolute Gasteiger partial charge is 0.315 e. The van der Waals surface area contributed by atoms with Crippen molar-refractivity contribution in [2.75, 3.05) is 19.6 Å². The summed E-state index contributed by atoms with van der Waals surface area (Å²) in [7, 11) is 0. The van der Waals surface area contributed by atoms with Crippen LogP contribution in [0.3, 0.4) is 0 Å². The van der Waals surface area contributed by atoms with Gasteiger partial charge in [0, 0.05) is 19.1 Å². The van der Waals surface area contributed by atoms with Crippen LogP contribution in [0.4, 0.5) is 4.39 Å². The predicted molar refractivity (Wildman–Crippen MR) is 71.5 cm³/mol. The van der Waals surface area contributed by atoms with E-state index >= 15 is 0 Å². The molecule has 0 aromatic heterocycles. The molecule has 1 atom stereocenters. The van der Waals surface area contributed by atoms with Crippen molar-refractivity contribution in [3.63, 3.8) is 0 Å². The monoisotopic (exact) mass is 300 g/mol. The maximum Gasteiger partial charge on any atom is 0.137 e. The number of nitrogens with zero attached hydrogens (tertiary/aromatic N) is 1. The van der Waals surface area contributed by atoms with E-state index in [2.05, 4.69) is 33.1 Å². The van der Waals surface area contributed by atoms with E-state index in [1.165, 1.54) is 12.5 Å². The fourth-order valence-corrected chi connectivity index (χ4v) is 2.75. The van der Waals surface area contributed by atoms with E-state index in [0.29, 0.717) is 10.5 Å². The van der Waals surface area contributed by atoms with Gasteiger partial charge >= 0.3 is 0 Å². The lowest BCUT2D eigenvalue weighted by atomic mass is 10.1. The minimum absolute atomic E-state index is 0.195. The number of nitrogens with one attached hydrogen (secondary N) is 1. The van der Waals surface area contributed by atoms with Gasteiger partial charge in [-0.3, -0.25) is 4.90 Å². The van der Waals surface area contributed by atoms with Crippen LogP contribution in [-0.2, 0) is 6.54 Å². The van der Waals surface area contributed by atoms with Crippen molar-refractivity contribution in [1.82, 2.24) is 10.2 Å². The third-order valence-corrected chi connectivity index (χ3v) is 3.93. The van der Waals surface area contributed by atoms with Gasteiger partial charge in [0.15, 0.2) is 0 Å². The Kier molecular flexibility index (Phi) is 4.54. The molecule has 1 aliphatic rings. The SMILES string of the molecule is CCN(Cc1ccc(F)c(Br)c1)C1CCNC1. The molecule has 1 aliphatic heterocycles. The lowest BCUT2D eigenvalue weighted by Gasteiger charge is -2.27. The minimum atomic E-state index is -0.195. The van der Waals surface area contributed by atoms with Crippen LogP contribution in [0.1, 0.15) is 18.9 Å². The number of hydrogen-bond donors (Lipinski definition) is 1. The Hall–Kier alpha value is -0.450. The van der Waals surface area contributed by atoms with Crippen LogP contribution in [-0.4, -0.2) is 30.6 Å². The zero-order valence-electron chi connectivity index (χ0n) is 10.0. The molecule has 1 aromatic rings. The van der Waals surface area contributed by atoms with Gasteiger partial charge in [0.25, 0.3) is 0 Å². The highest BCUT2D eigenvalue weighted by atomic mass is 79.9. The molecule has 1 saturated heterocycles. The van der Waals surface area contributed by atoms with Gasteiger partial charge in [0.05, 0.1) is 4.47 Å². The van der Waals surface area contributed by atoms with Gasteiger partial charge in [-0.25, -0.2) is 4.39 Å². The van der Waals surface area contributed by atoms with Crippen molar-refractivity contribution in [2.45, 2.75) is 25.9 Å². The van der Waals surface area contributed by atoms with Gasteiger partial charge in [0.1, 0.15) is 5.82 Å². The first-order valence-electron chi connectivity index (χ1n) is 6.09. The molecule has 0 amide bonds. The maximum atomic E-state index is 13.1. The smallest absolute Gasteiger partial charge is 0.137 e. The molecule has 4 heteroatoms. The molecule has 1 N–H and O–H groups in total. The highest BCUT2D eigenvalue weighted by Gasteiger charge is 2.21. The third-order valence-electron chi connectivity index (χ3n) is 3.33. The summed E-state index contributed by atoms with van der Waals surface area (Å²) in [5.74, 6) is -0.195. The summed E-state index contributed by atoms with van der Waals surface area (Å²) in [5, 5.41) is 3.38. The molecule has 0 spiro atoms. The molecular formula is C13H18BrFN2. The fraction of sp³-hybridized carbons (Fsp3) is 0.538. The molecule has 17 heavy (non-hydrogen) atoms. The Morgan fingerprint density at radius 2 is 2.35 bits per heavy atom. The number of halogens is 2. The van der Waals surface area contributed by atoms with Crippen molar-refractivity contribution in [2.24, 2.45) is 0 Å². The van der Waals surface area contributed by atoms with Crippen LogP contribution in [0.2, 0.25) is 0 Å². The highest BCUT2D eigenvalue weighted by Crippen LogP contribution is 2.19. The van der Waals surface area contributed by atoms with E-state index in [9.17, 15) is 4.39 Å². The Bertz CT molecular complexity index is 378. The van der Waals surface area contributed by atoms with Crippen LogP contribution >= 0.6 is 15.9 Å². The first kappa shape index (κ1) is 13.0. The van der Waals surface area contributed by atoms with Crippen molar-refractivity contribution in [3.8, 4) is 0 Å². The molecule has 0 bridgehead atoms. The zero-order chi connectivity index (χ0) is 12.3. The van der Waals surface area contributed by atoms with Crippen LogP contribution in [0.15, 0.2) is 22.7 Å². The first-order chi connectivity index (χ1) is 8.20. The topological polar surface area (TPSA) is 15.3 Å². The molecular weight excluding hydrogens is 283 g/mol. The van der Waals surface area contributed by atoms with Crippen LogP contribution in [0.5, 0.6) is 0 Å². The number of rotatable bonds is 4. The van der Waals surface area contributed by atoms with Gasteiger partial charge in [-0.2, -0.15) is 0 Å². The summed E-state index contributed by atoms with van der Waals surface area (Å²) in [6.45, 7) is 6.27. The Balaban J connectivity index is 2.04. The van der Waals surface area contributed by atoms with Gasteiger partial charge in [-0.1, -0.05) is 13.0 Å². The molecule has 0 saturated carbocycles. The van der Waals surface area contributed by atoms with E-state index < -0.39 is 0 Å². The summed E-state index contributed by atoms with van der Waals surface area (Å²) >= 11 is 3.24. The van der Waals surface area contributed by atoms with Crippen molar-refractivity contribution in [1.29, 1.82) is 0 Å². The molecule has 0 radical (unpaired) electrons. The van der Waals surface area contributed by atoms with Crippen LogP contribution in [0, 0.1) is 5.82 Å². The zero-order valence-corrected chi connectivity index (χ0v) is 11.6. The first-order valence-corrected chi connectivity index (χ1v) is 6.88. The molecule has 1 unspecified atom stereocenters. The molecule has 0 aliphatic carbocycles. The average Bonchev–Trinajstić information content (AvgIpc) is 2.84. The highest BCUT2D eigenvalue weighted by molar-refractivity contribution is 9.10. The van der Waals surface area contributed by atoms with Gasteiger partial charge < -0.3 is 5.32 Å². The summed E-state index contributed by atoms with van der Waals surface area (Å²) in [5.41, 5.74) is 1.16. The summed E-state index contributed by atoms with van der Waals surface area (Å²) in [4.78, 5) is 2.44. The predicted octanol–water partition coefficient (Wildman–Crippen LogP) is 2.77. The second kappa shape index (κ2) is 5.94. The van der Waals surface area contributed by atoms with Crippen LogP contribution < -0.4 is 5.32 Å². The van der Waals surface area contributed by atoms with E-state index in [1.807, 2.05) is 12.1 Å². The minimum Gasteiger partial charge on any atom is -0.315 e. The maximum absolute atomic E-state index is 13.1. The van der Waals surface area contributed by atoms with E-state index in [0.717, 1.165) is 31.7 Å². The van der Waals surface area contributed by atoms with Crippen molar-refractivity contribution >= 4 is 15.9 Å². The fourth-order valence-electron chi connectivity index (χ4n) is 2.32. The molecule has 1 fully saturated rings. The van der Waals surface area contributed by atoms with Crippen LogP contribution in [0.25, 0.3) is 0 Å². The van der Waals surface area contributed by atoms with Gasteiger partial charge in [-0.15, -0.1) is 0 Å². The summed E-state index contributed by atoms with van der Waals surface area (Å²) in [6.07, 6.45) is 1.20. The van der Waals surface area contributed by atoms with Gasteiger partial charge in [0.2, 0.25) is 0 Å². The molecule has 2 rings (SSSR count).